The van der Waals surface area contributed by atoms with Crippen molar-refractivity contribution in [1.82, 2.24) is 19.9 Å². The lowest BCUT2D eigenvalue weighted by molar-refractivity contribution is -0.137. The van der Waals surface area contributed by atoms with E-state index in [1.807, 2.05) is 10.3 Å². The Balaban J connectivity index is 1.26. The van der Waals surface area contributed by atoms with Gasteiger partial charge < -0.3 is 9.88 Å². The van der Waals surface area contributed by atoms with E-state index in [1.54, 1.807) is 12.1 Å². The lowest BCUT2D eigenvalue weighted by atomic mass is 10.1. The second-order valence-corrected chi connectivity index (χ2v) is 8.87. The molecular weight excluding hydrogens is 470 g/mol. The molecule has 176 valence electrons. The third-order valence-electron chi connectivity index (χ3n) is 5.79. The normalized spacial score (nSPS) is 15.2. The Morgan fingerprint density at radius 3 is 2.41 bits per heavy atom. The van der Waals surface area contributed by atoms with E-state index in [1.165, 1.54) is 29.5 Å². The quantitative estimate of drug-likeness (QED) is 0.427. The summed E-state index contributed by atoms with van der Waals surface area (Å²) in [4.78, 5) is 28.9. The fraction of sp³-hybridized carbons (Fsp3) is 0.261. The maximum absolute atomic E-state index is 13.2. The molecule has 34 heavy (non-hydrogen) atoms. The third kappa shape index (κ3) is 4.53. The summed E-state index contributed by atoms with van der Waals surface area (Å²) in [7, 11) is 0. The van der Waals surface area contributed by atoms with Gasteiger partial charge in [-0.05, 0) is 29.8 Å². The van der Waals surface area contributed by atoms with Crippen molar-refractivity contribution in [3.63, 3.8) is 0 Å². The minimum atomic E-state index is -4.41. The molecule has 1 N–H and O–H groups in total. The number of thiophene rings is 1. The van der Waals surface area contributed by atoms with E-state index in [-0.39, 0.29) is 11.4 Å². The highest BCUT2D eigenvalue weighted by atomic mass is 32.1. The van der Waals surface area contributed by atoms with Crippen LogP contribution in [0, 0.1) is 5.82 Å². The van der Waals surface area contributed by atoms with Crippen LogP contribution in [0.4, 0.5) is 23.4 Å². The lowest BCUT2D eigenvalue weighted by Gasteiger charge is -2.35. The second kappa shape index (κ2) is 8.80. The molecule has 0 amide bonds. The summed E-state index contributed by atoms with van der Waals surface area (Å²) < 4.78 is 51.5. The summed E-state index contributed by atoms with van der Waals surface area (Å²) >= 11 is 1.36. The summed E-state index contributed by atoms with van der Waals surface area (Å²) in [6.07, 6.45) is -3.55. The molecule has 0 spiro atoms. The molecule has 0 unspecified atom stereocenters. The average molecular weight is 489 g/mol. The molecule has 0 saturated carbocycles. The van der Waals surface area contributed by atoms with Gasteiger partial charge in [0.2, 0.25) is 0 Å². The van der Waals surface area contributed by atoms with Crippen molar-refractivity contribution in [3.8, 4) is 11.1 Å². The monoisotopic (exact) mass is 489 g/mol. The molecule has 0 bridgehead atoms. The number of hydrogen-bond donors (Lipinski definition) is 1. The van der Waals surface area contributed by atoms with Crippen LogP contribution in [-0.4, -0.2) is 46.0 Å². The van der Waals surface area contributed by atoms with Crippen molar-refractivity contribution < 1.29 is 17.6 Å². The molecule has 6 nitrogen and oxygen atoms in total. The Bertz CT molecular complexity index is 1360. The van der Waals surface area contributed by atoms with E-state index in [2.05, 4.69) is 19.9 Å². The van der Waals surface area contributed by atoms with Gasteiger partial charge in [0.05, 0.1) is 17.5 Å². The predicted molar refractivity (Wildman–Crippen MR) is 122 cm³/mol. The molecule has 4 heterocycles. The van der Waals surface area contributed by atoms with Gasteiger partial charge in [0.25, 0.3) is 5.56 Å². The molecule has 1 fully saturated rings. The van der Waals surface area contributed by atoms with E-state index in [0.29, 0.717) is 54.6 Å². The summed E-state index contributed by atoms with van der Waals surface area (Å²) in [6.45, 7) is 2.94. The Morgan fingerprint density at radius 1 is 1.03 bits per heavy atom. The molecule has 0 aliphatic carbocycles. The maximum atomic E-state index is 13.2. The van der Waals surface area contributed by atoms with Crippen LogP contribution in [0.25, 0.3) is 21.3 Å². The Hall–Kier alpha value is -3.31. The van der Waals surface area contributed by atoms with Crippen LogP contribution >= 0.6 is 11.3 Å². The number of nitrogens with one attached hydrogen (secondary N) is 1. The van der Waals surface area contributed by atoms with Gasteiger partial charge in [0.15, 0.2) is 0 Å². The van der Waals surface area contributed by atoms with Crippen molar-refractivity contribution in [2.45, 2.75) is 12.7 Å². The molecule has 1 aliphatic heterocycles. The SMILES string of the molecule is O=c1[nH]c(CN2CCN(c3ccc(C(F)(F)F)cn3)CC2)nc2scc(-c3ccc(F)cc3)c12. The zero-order valence-corrected chi connectivity index (χ0v) is 18.6. The number of hydrogen-bond acceptors (Lipinski definition) is 6. The van der Waals surface area contributed by atoms with Gasteiger partial charge in [-0.1, -0.05) is 12.1 Å². The van der Waals surface area contributed by atoms with Crippen LogP contribution in [0.5, 0.6) is 0 Å². The van der Waals surface area contributed by atoms with Gasteiger partial charge in [-0.25, -0.2) is 14.4 Å². The van der Waals surface area contributed by atoms with Crippen LogP contribution in [0.2, 0.25) is 0 Å². The Labute approximate surface area is 195 Å². The first kappa shape index (κ1) is 22.5. The topological polar surface area (TPSA) is 65.1 Å². The van der Waals surface area contributed by atoms with Crippen molar-refractivity contribution >= 4 is 27.4 Å². The van der Waals surface area contributed by atoms with E-state index in [9.17, 15) is 22.4 Å². The fourth-order valence-electron chi connectivity index (χ4n) is 4.00. The average Bonchev–Trinajstić information content (AvgIpc) is 3.24. The number of piperazine rings is 1. The number of anilines is 1. The first-order valence-electron chi connectivity index (χ1n) is 10.5. The van der Waals surface area contributed by atoms with Crippen LogP contribution in [0.1, 0.15) is 11.4 Å². The molecule has 11 heteroatoms. The summed E-state index contributed by atoms with van der Waals surface area (Å²) in [5.41, 5.74) is 0.461. The standard InChI is InChI=1S/C23H19F4N5OS/c24-16-4-1-14(2-5-16)17-13-34-22-20(17)21(33)29-18(30-22)12-31-7-9-32(10-8-31)19-6-3-15(11-28-19)23(25,26)27/h1-6,11,13H,7-10,12H2,(H,29,30,33). The minimum absolute atomic E-state index is 0.242. The number of aromatic nitrogens is 3. The summed E-state index contributed by atoms with van der Waals surface area (Å²) in [6, 6.07) is 8.41. The zero-order valence-electron chi connectivity index (χ0n) is 17.8. The molecule has 3 aromatic heterocycles. The number of alkyl halides is 3. The minimum Gasteiger partial charge on any atom is -0.354 e. The van der Waals surface area contributed by atoms with Crippen LogP contribution < -0.4 is 10.5 Å². The lowest BCUT2D eigenvalue weighted by Crippen LogP contribution is -2.46. The van der Waals surface area contributed by atoms with E-state index in [0.717, 1.165) is 23.4 Å². The van der Waals surface area contributed by atoms with Crippen molar-refractivity contribution in [2.24, 2.45) is 0 Å². The first-order chi connectivity index (χ1) is 16.3. The molecule has 5 rings (SSSR count). The molecule has 1 aromatic carbocycles. The number of H-pyrrole nitrogens is 1. The predicted octanol–water partition coefficient (Wildman–Crippen LogP) is 4.53. The maximum Gasteiger partial charge on any atom is 0.417 e. The second-order valence-electron chi connectivity index (χ2n) is 8.02. The summed E-state index contributed by atoms with van der Waals surface area (Å²) in [5, 5.41) is 2.33. The highest BCUT2D eigenvalue weighted by Crippen LogP contribution is 2.31. The van der Waals surface area contributed by atoms with E-state index in [4.69, 9.17) is 0 Å². The van der Waals surface area contributed by atoms with Gasteiger partial charge in [0.1, 0.15) is 22.3 Å². The van der Waals surface area contributed by atoms with Gasteiger partial charge in [-0.15, -0.1) is 11.3 Å². The number of fused-ring (bicyclic) bond motifs is 1. The van der Waals surface area contributed by atoms with Crippen molar-refractivity contribution in [2.75, 3.05) is 31.1 Å². The van der Waals surface area contributed by atoms with E-state index >= 15 is 0 Å². The van der Waals surface area contributed by atoms with Crippen LogP contribution in [0.15, 0.2) is 52.8 Å². The number of halogens is 4. The molecule has 1 aliphatic rings. The number of nitrogens with zero attached hydrogens (tertiary/aromatic N) is 4. The highest BCUT2D eigenvalue weighted by Gasteiger charge is 2.31. The van der Waals surface area contributed by atoms with Gasteiger partial charge >= 0.3 is 6.18 Å². The number of pyridine rings is 1. The number of aromatic amines is 1. The summed E-state index contributed by atoms with van der Waals surface area (Å²) in [5.74, 6) is 0.713. The number of rotatable bonds is 4. The molecule has 0 radical (unpaired) electrons. The van der Waals surface area contributed by atoms with Crippen molar-refractivity contribution in [1.29, 1.82) is 0 Å². The smallest absolute Gasteiger partial charge is 0.354 e. The third-order valence-corrected chi connectivity index (χ3v) is 6.67. The van der Waals surface area contributed by atoms with Crippen molar-refractivity contribution in [3.05, 3.63) is 75.5 Å². The first-order valence-corrected chi connectivity index (χ1v) is 11.4. The zero-order chi connectivity index (χ0) is 23.9. The van der Waals surface area contributed by atoms with Crippen LogP contribution in [-0.2, 0) is 12.7 Å². The van der Waals surface area contributed by atoms with E-state index < -0.39 is 11.7 Å². The fourth-order valence-corrected chi connectivity index (χ4v) is 4.96. The van der Waals surface area contributed by atoms with Gasteiger partial charge in [-0.3, -0.25) is 9.69 Å². The highest BCUT2D eigenvalue weighted by molar-refractivity contribution is 7.17. The molecule has 1 saturated heterocycles. The number of benzene rings is 1. The Morgan fingerprint density at radius 2 is 1.76 bits per heavy atom. The van der Waals surface area contributed by atoms with Gasteiger partial charge in [-0.2, -0.15) is 13.2 Å². The van der Waals surface area contributed by atoms with Gasteiger partial charge in [0, 0.05) is 43.3 Å². The molecule has 4 aromatic rings. The molecular formula is C23H19F4N5OS. The van der Waals surface area contributed by atoms with Crippen LogP contribution in [0.3, 0.4) is 0 Å². The Kier molecular flexibility index (Phi) is 5.82. The molecule has 0 atom stereocenters. The largest absolute Gasteiger partial charge is 0.417 e.